The first kappa shape index (κ1) is 15.4. The summed E-state index contributed by atoms with van der Waals surface area (Å²) >= 11 is 0. The van der Waals surface area contributed by atoms with Crippen molar-refractivity contribution in [1.82, 2.24) is 40.6 Å². The van der Waals surface area contributed by atoms with Gasteiger partial charge in [-0.1, -0.05) is 17.6 Å². The van der Waals surface area contributed by atoms with Gasteiger partial charge in [0.2, 0.25) is 17.6 Å². The molecule has 0 aromatic carbocycles. The van der Waals surface area contributed by atoms with Gasteiger partial charge in [0.25, 0.3) is 0 Å². The Labute approximate surface area is 142 Å². The van der Waals surface area contributed by atoms with Gasteiger partial charge >= 0.3 is 0 Å². The van der Waals surface area contributed by atoms with E-state index in [-0.39, 0.29) is 18.4 Å². The molecule has 0 saturated carbocycles. The van der Waals surface area contributed by atoms with Crippen LogP contribution in [0, 0.1) is 0 Å². The summed E-state index contributed by atoms with van der Waals surface area (Å²) < 4.78 is 6.87. The molecule has 25 heavy (non-hydrogen) atoms. The van der Waals surface area contributed by atoms with Crippen molar-refractivity contribution in [1.29, 1.82) is 0 Å². The molecule has 3 aromatic heterocycles. The standard InChI is InChI=1S/C15H16N8O2/c24-15(10-5-2-4-8-23-14(10)19-21-22-23)17-9-12-18-13(20-25-12)11-6-1-3-7-16-11/h1,3,6-7,10H,2,4-5,8-9H2,(H,17,24). The molecule has 4 heterocycles. The summed E-state index contributed by atoms with van der Waals surface area (Å²) in [5.41, 5.74) is 0.617. The SMILES string of the molecule is O=C(NCc1nc(-c2ccccn2)no1)C1CCCCn2nnnc21. The fourth-order valence-corrected chi connectivity index (χ4v) is 2.82. The Morgan fingerprint density at radius 3 is 3.20 bits per heavy atom. The molecule has 10 heteroatoms. The van der Waals surface area contributed by atoms with Gasteiger partial charge in [-0.15, -0.1) is 5.10 Å². The molecule has 1 unspecified atom stereocenters. The van der Waals surface area contributed by atoms with Crippen LogP contribution >= 0.6 is 0 Å². The number of aromatic nitrogens is 7. The lowest BCUT2D eigenvalue weighted by atomic mass is 10.0. The molecule has 1 amide bonds. The van der Waals surface area contributed by atoms with E-state index in [0.717, 1.165) is 25.8 Å². The Balaban J connectivity index is 1.42. The summed E-state index contributed by atoms with van der Waals surface area (Å²) in [6, 6.07) is 5.44. The average Bonchev–Trinajstić information content (AvgIpc) is 3.26. The van der Waals surface area contributed by atoms with Gasteiger partial charge in [-0.3, -0.25) is 9.78 Å². The van der Waals surface area contributed by atoms with Gasteiger partial charge in [0.05, 0.1) is 12.5 Å². The molecular weight excluding hydrogens is 324 g/mol. The summed E-state index contributed by atoms with van der Waals surface area (Å²) in [7, 11) is 0. The molecule has 1 atom stereocenters. The largest absolute Gasteiger partial charge is 0.346 e. The average molecular weight is 340 g/mol. The maximum absolute atomic E-state index is 12.5. The number of hydrogen-bond acceptors (Lipinski definition) is 8. The molecule has 0 radical (unpaired) electrons. The molecular formula is C15H16N8O2. The van der Waals surface area contributed by atoms with Crippen LogP contribution in [0.1, 0.15) is 36.9 Å². The number of hydrogen-bond donors (Lipinski definition) is 1. The minimum Gasteiger partial charge on any atom is -0.346 e. The molecule has 1 N–H and O–H groups in total. The summed E-state index contributed by atoms with van der Waals surface area (Å²) in [4.78, 5) is 21.0. The highest BCUT2D eigenvalue weighted by Gasteiger charge is 2.28. The van der Waals surface area contributed by atoms with Gasteiger partial charge in [0, 0.05) is 12.7 Å². The van der Waals surface area contributed by atoms with Crippen molar-refractivity contribution in [2.24, 2.45) is 0 Å². The maximum atomic E-state index is 12.5. The third kappa shape index (κ3) is 3.23. The molecule has 3 aromatic rings. The zero-order valence-electron chi connectivity index (χ0n) is 13.4. The Morgan fingerprint density at radius 1 is 1.36 bits per heavy atom. The number of fused-ring (bicyclic) bond motifs is 1. The molecule has 0 spiro atoms. The number of aryl methyl sites for hydroxylation is 1. The zero-order chi connectivity index (χ0) is 17.1. The number of tetrazole rings is 1. The highest BCUT2D eigenvalue weighted by molar-refractivity contribution is 5.82. The number of carbonyl (C=O) groups excluding carboxylic acids is 1. The fraction of sp³-hybridized carbons (Fsp3) is 0.400. The molecule has 10 nitrogen and oxygen atoms in total. The monoisotopic (exact) mass is 340 g/mol. The highest BCUT2D eigenvalue weighted by atomic mass is 16.5. The second-order valence-electron chi connectivity index (χ2n) is 5.75. The predicted molar refractivity (Wildman–Crippen MR) is 83.8 cm³/mol. The summed E-state index contributed by atoms with van der Waals surface area (Å²) in [5.74, 6) is 0.811. The van der Waals surface area contributed by atoms with Crippen LogP contribution in [0.5, 0.6) is 0 Å². The van der Waals surface area contributed by atoms with Crippen molar-refractivity contribution >= 4 is 5.91 Å². The van der Waals surface area contributed by atoms with E-state index in [9.17, 15) is 4.79 Å². The van der Waals surface area contributed by atoms with Crippen LogP contribution < -0.4 is 5.32 Å². The fourth-order valence-electron chi connectivity index (χ4n) is 2.82. The molecule has 0 fully saturated rings. The smallest absolute Gasteiger partial charge is 0.246 e. The summed E-state index contributed by atoms with van der Waals surface area (Å²) in [6.07, 6.45) is 4.27. The Hall–Kier alpha value is -3.17. The van der Waals surface area contributed by atoms with E-state index in [0.29, 0.717) is 23.2 Å². The van der Waals surface area contributed by atoms with Crippen molar-refractivity contribution in [3.8, 4) is 11.5 Å². The molecule has 1 aliphatic heterocycles. The third-order valence-corrected chi connectivity index (χ3v) is 4.08. The molecule has 128 valence electrons. The number of carbonyl (C=O) groups is 1. The van der Waals surface area contributed by atoms with Crippen molar-refractivity contribution in [3.63, 3.8) is 0 Å². The number of rotatable bonds is 4. The van der Waals surface area contributed by atoms with Crippen LogP contribution in [0.4, 0.5) is 0 Å². The van der Waals surface area contributed by atoms with Crippen molar-refractivity contribution in [2.75, 3.05) is 0 Å². The second-order valence-corrected chi connectivity index (χ2v) is 5.75. The Morgan fingerprint density at radius 2 is 2.32 bits per heavy atom. The van der Waals surface area contributed by atoms with Crippen LogP contribution in [0.3, 0.4) is 0 Å². The van der Waals surface area contributed by atoms with E-state index < -0.39 is 0 Å². The summed E-state index contributed by atoms with van der Waals surface area (Å²) in [6.45, 7) is 0.889. The molecule has 0 saturated heterocycles. The normalized spacial score (nSPS) is 16.9. The van der Waals surface area contributed by atoms with Gasteiger partial charge in [0.15, 0.2) is 5.82 Å². The van der Waals surface area contributed by atoms with E-state index in [1.54, 1.807) is 16.9 Å². The maximum Gasteiger partial charge on any atom is 0.246 e. The minimum absolute atomic E-state index is 0.143. The zero-order valence-corrected chi connectivity index (χ0v) is 13.4. The number of nitrogens with zero attached hydrogens (tertiary/aromatic N) is 7. The molecule has 4 rings (SSSR count). The number of pyridine rings is 1. The predicted octanol–water partition coefficient (Wildman–Crippen LogP) is 0.702. The molecule has 1 aliphatic rings. The quantitative estimate of drug-likeness (QED) is 0.736. The highest BCUT2D eigenvalue weighted by Crippen LogP contribution is 2.24. The van der Waals surface area contributed by atoms with E-state index >= 15 is 0 Å². The first-order valence-electron chi connectivity index (χ1n) is 8.09. The van der Waals surface area contributed by atoms with E-state index in [1.807, 2.05) is 12.1 Å². The Bertz CT molecular complexity index is 859. The van der Waals surface area contributed by atoms with Gasteiger partial charge in [-0.25, -0.2) is 4.68 Å². The Kier molecular flexibility index (Phi) is 4.15. The minimum atomic E-state index is -0.365. The van der Waals surface area contributed by atoms with Crippen molar-refractivity contribution < 1.29 is 9.32 Å². The van der Waals surface area contributed by atoms with Crippen LogP contribution in [0.25, 0.3) is 11.5 Å². The van der Waals surface area contributed by atoms with Crippen LogP contribution in [0.2, 0.25) is 0 Å². The van der Waals surface area contributed by atoms with Crippen molar-refractivity contribution in [2.45, 2.75) is 38.3 Å². The first-order chi connectivity index (χ1) is 12.3. The van der Waals surface area contributed by atoms with Gasteiger partial charge in [-0.2, -0.15) is 4.98 Å². The second kappa shape index (κ2) is 6.75. The van der Waals surface area contributed by atoms with Crippen molar-refractivity contribution in [3.05, 3.63) is 36.1 Å². The van der Waals surface area contributed by atoms with Crippen LogP contribution in [-0.2, 0) is 17.9 Å². The van der Waals surface area contributed by atoms with Gasteiger partial charge < -0.3 is 9.84 Å². The van der Waals surface area contributed by atoms with E-state index in [4.69, 9.17) is 4.52 Å². The molecule has 0 bridgehead atoms. The first-order valence-corrected chi connectivity index (χ1v) is 8.09. The van der Waals surface area contributed by atoms with Gasteiger partial charge in [-0.05, 0) is 35.4 Å². The number of nitrogens with one attached hydrogen (secondary N) is 1. The van der Waals surface area contributed by atoms with E-state index in [1.165, 1.54) is 0 Å². The third-order valence-electron chi connectivity index (χ3n) is 4.08. The van der Waals surface area contributed by atoms with E-state index in [2.05, 4.69) is 36.0 Å². The van der Waals surface area contributed by atoms with Crippen LogP contribution in [-0.4, -0.2) is 41.2 Å². The lowest BCUT2D eigenvalue weighted by molar-refractivity contribution is -0.123. The lowest BCUT2D eigenvalue weighted by Gasteiger charge is -2.12. The molecule has 0 aliphatic carbocycles. The topological polar surface area (TPSA) is 125 Å². The lowest BCUT2D eigenvalue weighted by Crippen LogP contribution is -2.30. The van der Waals surface area contributed by atoms with Crippen LogP contribution in [0.15, 0.2) is 28.9 Å². The van der Waals surface area contributed by atoms with Gasteiger partial charge in [0.1, 0.15) is 5.69 Å². The number of amides is 1. The summed E-state index contributed by atoms with van der Waals surface area (Å²) in [5, 5.41) is 18.3.